The first kappa shape index (κ1) is 21.8. The molecule has 0 aliphatic rings. The third-order valence-corrected chi connectivity index (χ3v) is 6.14. The summed E-state index contributed by atoms with van der Waals surface area (Å²) in [5, 5.41) is 11.5. The van der Waals surface area contributed by atoms with E-state index in [4.69, 9.17) is 9.83 Å². The van der Waals surface area contributed by atoms with Gasteiger partial charge in [0.1, 0.15) is 11.2 Å². The average molecular weight is 463 g/mol. The number of fused-ring (bicyclic) bond motifs is 4. The maximum Gasteiger partial charge on any atom is 0.523 e. The van der Waals surface area contributed by atoms with Gasteiger partial charge in [0, 0.05) is 35.3 Å². The fourth-order valence-corrected chi connectivity index (χ4v) is 3.90. The summed E-state index contributed by atoms with van der Waals surface area (Å²) < 4.78 is 64.2. The highest BCUT2D eigenvalue weighted by atomic mass is 32.2. The minimum Gasteiger partial charge on any atom is -0.456 e. The average Bonchev–Trinajstić information content (AvgIpc) is 2.76. The lowest BCUT2D eigenvalue weighted by molar-refractivity contribution is -0.172. The van der Waals surface area contributed by atoms with Crippen LogP contribution < -0.4 is 10.8 Å². The van der Waals surface area contributed by atoms with E-state index in [9.17, 15) is 21.6 Å². The van der Waals surface area contributed by atoms with Crippen LogP contribution in [0.5, 0.6) is 0 Å². The van der Waals surface area contributed by atoms with Gasteiger partial charge in [-0.1, -0.05) is 24.3 Å². The molecule has 2 heterocycles. The van der Waals surface area contributed by atoms with Gasteiger partial charge in [0.15, 0.2) is 5.36 Å². The number of pyridine rings is 1. The monoisotopic (exact) mass is 463 g/mol. The molecule has 0 fully saturated rings. The van der Waals surface area contributed by atoms with Crippen LogP contribution in [0.4, 0.5) is 13.2 Å². The van der Waals surface area contributed by atoms with Crippen molar-refractivity contribution < 1.29 is 35.6 Å². The number of aryl methyl sites for hydroxylation is 1. The van der Waals surface area contributed by atoms with E-state index in [0.717, 1.165) is 32.8 Å². The Balaban J connectivity index is 0.000000234. The standard InChI is InChI=1S/C20H14N2O.C2H3F3O3S/c1-22-16-11-12(21)9-10-13(16)14-6-4-8-18-19(14)20(22)15-5-2-3-7-17(15)23-18;1-8-9(6,7)2(3,4)5/h2-11,21H,1H3;1H3/p+1. The van der Waals surface area contributed by atoms with Crippen molar-refractivity contribution in [1.29, 1.82) is 0 Å². The fourth-order valence-electron chi connectivity index (χ4n) is 3.71. The van der Waals surface area contributed by atoms with Crippen LogP contribution >= 0.6 is 0 Å². The Kier molecular flexibility index (Phi) is 5.22. The smallest absolute Gasteiger partial charge is 0.456 e. The van der Waals surface area contributed by atoms with Gasteiger partial charge in [-0.3, -0.25) is 9.59 Å². The number of nitrogens with two attached hydrogens (primary N) is 1. The van der Waals surface area contributed by atoms with E-state index in [1.165, 1.54) is 16.3 Å². The number of rotatable bonds is 1. The molecule has 32 heavy (non-hydrogen) atoms. The van der Waals surface area contributed by atoms with Crippen molar-refractivity contribution in [3.05, 3.63) is 66.0 Å². The highest BCUT2D eigenvalue weighted by Crippen LogP contribution is 2.37. The molecule has 2 N–H and O–H groups in total. The van der Waals surface area contributed by atoms with Gasteiger partial charge in [0.2, 0.25) is 0 Å². The quantitative estimate of drug-likeness (QED) is 0.179. The molecule has 0 unspecified atom stereocenters. The van der Waals surface area contributed by atoms with Crippen LogP contribution in [0, 0.1) is 0 Å². The van der Waals surface area contributed by atoms with Gasteiger partial charge in [0.25, 0.3) is 0 Å². The van der Waals surface area contributed by atoms with Crippen LogP contribution in [0.2, 0.25) is 0 Å². The number of nitrogens with zero attached hydrogens (tertiary/aromatic N) is 1. The van der Waals surface area contributed by atoms with E-state index < -0.39 is 15.6 Å². The number of hydrogen-bond donors (Lipinski definition) is 1. The van der Waals surface area contributed by atoms with Crippen molar-refractivity contribution in [2.45, 2.75) is 5.51 Å². The van der Waals surface area contributed by atoms with Crippen LogP contribution in [0.1, 0.15) is 0 Å². The van der Waals surface area contributed by atoms with Gasteiger partial charge < -0.3 is 8.98 Å². The van der Waals surface area contributed by atoms with Crippen LogP contribution in [0.3, 0.4) is 0 Å². The van der Waals surface area contributed by atoms with E-state index in [2.05, 4.69) is 34.0 Å². The number of aromatic nitrogens is 1. The fraction of sp³-hybridized carbons (Fsp3) is 0.136. The van der Waals surface area contributed by atoms with Crippen molar-refractivity contribution in [2.75, 3.05) is 7.11 Å². The van der Waals surface area contributed by atoms with E-state index in [-0.39, 0.29) is 0 Å². The largest absolute Gasteiger partial charge is 0.523 e. The first-order valence-corrected chi connectivity index (χ1v) is 10.7. The molecule has 3 aromatic carbocycles. The lowest BCUT2D eigenvalue weighted by Gasteiger charge is -2.16. The molecule has 6 nitrogen and oxygen atoms in total. The third-order valence-electron chi connectivity index (χ3n) is 5.14. The first-order chi connectivity index (χ1) is 15.0. The molecule has 0 aliphatic carbocycles. The van der Waals surface area contributed by atoms with Crippen molar-refractivity contribution >= 4 is 53.9 Å². The number of halogens is 3. The summed E-state index contributed by atoms with van der Waals surface area (Å²) in [7, 11) is -2.80. The Labute approximate surface area is 180 Å². The zero-order valence-corrected chi connectivity index (χ0v) is 17.8. The molecule has 10 heteroatoms. The predicted molar refractivity (Wildman–Crippen MR) is 115 cm³/mol. The molecular formula is C22H18F3N2O4S+. The molecule has 0 amide bonds. The van der Waals surface area contributed by atoms with Crippen molar-refractivity contribution in [2.24, 2.45) is 7.05 Å². The molecule has 0 bridgehead atoms. The van der Waals surface area contributed by atoms with Crippen LogP contribution in [-0.4, -0.2) is 25.6 Å². The Morgan fingerprint density at radius 2 is 1.59 bits per heavy atom. The van der Waals surface area contributed by atoms with Crippen molar-refractivity contribution in [3.63, 3.8) is 0 Å². The van der Waals surface area contributed by atoms with Crippen LogP contribution in [0.15, 0.2) is 65.1 Å². The molecule has 0 aliphatic heterocycles. The topological polar surface area (TPSA) is 87.0 Å². The molecule has 5 aromatic rings. The minimum atomic E-state index is -5.34. The maximum absolute atomic E-state index is 11.1. The van der Waals surface area contributed by atoms with Gasteiger partial charge in [0.05, 0.1) is 18.1 Å². The number of para-hydroxylation sites is 1. The van der Waals surface area contributed by atoms with Gasteiger partial charge in [-0.05, 0) is 29.7 Å². The summed E-state index contributed by atoms with van der Waals surface area (Å²) in [6.07, 6.45) is 0. The Hall–Kier alpha value is -3.37. The van der Waals surface area contributed by atoms with E-state index in [1.54, 1.807) is 0 Å². The molecule has 166 valence electrons. The van der Waals surface area contributed by atoms with Crippen LogP contribution in [0.25, 0.3) is 43.7 Å². The predicted octanol–water partition coefficient (Wildman–Crippen LogP) is 3.37. The highest BCUT2D eigenvalue weighted by Gasteiger charge is 2.46. The third kappa shape index (κ3) is 3.51. The Morgan fingerprint density at radius 3 is 2.25 bits per heavy atom. The zero-order valence-electron chi connectivity index (χ0n) is 17.0. The lowest BCUT2D eigenvalue weighted by Crippen LogP contribution is -2.44. The molecule has 0 saturated heterocycles. The second-order valence-electron chi connectivity index (χ2n) is 7.03. The number of benzene rings is 3. The van der Waals surface area contributed by atoms with Crippen LogP contribution in [-0.2, 0) is 21.3 Å². The lowest BCUT2D eigenvalue weighted by atomic mass is 10.0. The van der Waals surface area contributed by atoms with Crippen molar-refractivity contribution in [3.8, 4) is 0 Å². The van der Waals surface area contributed by atoms with Crippen molar-refractivity contribution in [1.82, 2.24) is 4.57 Å². The van der Waals surface area contributed by atoms with Gasteiger partial charge >= 0.3 is 15.6 Å². The summed E-state index contributed by atoms with van der Waals surface area (Å²) in [5.41, 5.74) is -1.20. The zero-order chi connectivity index (χ0) is 23.3. The van der Waals surface area contributed by atoms with E-state index >= 15 is 0 Å². The molecule has 2 aromatic heterocycles. The SMILES string of the molecule is COS(=O)(=O)C(F)(F)F.Cn1c2cc(=[NH2+])ccc2c2cccc3oc4ccccc4c1c32. The first-order valence-electron chi connectivity index (χ1n) is 9.33. The molecule has 0 atom stereocenters. The molecule has 5 rings (SSSR count). The van der Waals surface area contributed by atoms with E-state index in [1.807, 2.05) is 42.5 Å². The van der Waals surface area contributed by atoms with Gasteiger partial charge in [-0.15, -0.1) is 0 Å². The van der Waals surface area contributed by atoms with E-state index in [0.29, 0.717) is 7.11 Å². The summed E-state index contributed by atoms with van der Waals surface area (Å²) in [6.45, 7) is 0. The van der Waals surface area contributed by atoms with Gasteiger partial charge in [-0.2, -0.15) is 21.6 Å². The van der Waals surface area contributed by atoms with Gasteiger partial charge in [-0.25, -0.2) is 0 Å². The Morgan fingerprint density at radius 1 is 0.938 bits per heavy atom. The molecule has 0 spiro atoms. The highest BCUT2D eigenvalue weighted by molar-refractivity contribution is 7.87. The minimum absolute atomic E-state index is 0.447. The summed E-state index contributed by atoms with van der Waals surface area (Å²) in [6, 6.07) is 20.5. The number of alkyl halides is 3. The summed E-state index contributed by atoms with van der Waals surface area (Å²) in [5.74, 6) is 0. The summed E-state index contributed by atoms with van der Waals surface area (Å²) >= 11 is 0. The normalized spacial score (nSPS) is 12.4. The second kappa shape index (κ2) is 7.64. The molecular weight excluding hydrogens is 445 g/mol. The Bertz CT molecular complexity index is 1650. The maximum atomic E-state index is 11.1. The molecule has 0 radical (unpaired) electrons. The summed E-state index contributed by atoms with van der Waals surface area (Å²) in [4.78, 5) is 0. The number of hydrogen-bond acceptors (Lipinski definition) is 4. The second-order valence-corrected chi connectivity index (χ2v) is 8.73. The molecule has 0 saturated carbocycles.